The van der Waals surface area contributed by atoms with Crippen LogP contribution >= 0.6 is 11.6 Å². The Morgan fingerprint density at radius 3 is 2.12 bits per heavy atom. The molecule has 0 aromatic heterocycles. The van der Waals surface area contributed by atoms with Crippen molar-refractivity contribution < 1.29 is 9.50 Å². The highest BCUT2D eigenvalue weighted by molar-refractivity contribution is 6.30. The molecule has 2 aromatic carbocycles. The monoisotopic (exact) mass is 361 g/mol. The molecule has 0 bridgehead atoms. The van der Waals surface area contributed by atoms with Crippen LogP contribution in [0.3, 0.4) is 0 Å². The lowest BCUT2D eigenvalue weighted by molar-refractivity contribution is -0.0254. The average molecular weight is 362 g/mol. The molecule has 134 valence electrons. The molecule has 0 amide bonds. The Balaban J connectivity index is 1.75. The van der Waals surface area contributed by atoms with Crippen LogP contribution < -0.4 is 0 Å². The van der Waals surface area contributed by atoms with Crippen LogP contribution in [0.25, 0.3) is 0 Å². The van der Waals surface area contributed by atoms with Crippen molar-refractivity contribution in [3.63, 3.8) is 0 Å². The van der Waals surface area contributed by atoms with Crippen molar-refractivity contribution in [1.29, 1.82) is 0 Å². The summed E-state index contributed by atoms with van der Waals surface area (Å²) in [6.45, 7) is 0. The van der Waals surface area contributed by atoms with Crippen LogP contribution in [0.1, 0.15) is 42.9 Å². The predicted octanol–water partition coefficient (Wildman–Crippen LogP) is 5.16. The van der Waals surface area contributed by atoms with E-state index >= 15 is 0 Å². The number of hydrogen-bond acceptors (Lipinski definition) is 2. The Kier molecular flexibility index (Phi) is 5.47. The predicted molar refractivity (Wildman–Crippen MR) is 100 cm³/mol. The van der Waals surface area contributed by atoms with E-state index in [9.17, 15) is 9.50 Å². The highest BCUT2D eigenvalue weighted by Crippen LogP contribution is 2.45. The van der Waals surface area contributed by atoms with Crippen LogP contribution in [-0.4, -0.2) is 24.1 Å². The third-order valence-corrected chi connectivity index (χ3v) is 5.71. The fraction of sp³-hybridized carbons (Fsp3) is 0.429. The summed E-state index contributed by atoms with van der Waals surface area (Å²) in [6, 6.07) is 14.6. The van der Waals surface area contributed by atoms with Crippen molar-refractivity contribution in [1.82, 2.24) is 4.90 Å². The molecule has 3 rings (SSSR count). The van der Waals surface area contributed by atoms with E-state index in [0.29, 0.717) is 24.8 Å². The minimum Gasteiger partial charge on any atom is -0.385 e. The second kappa shape index (κ2) is 7.45. The van der Waals surface area contributed by atoms with Gasteiger partial charge in [0.05, 0.1) is 5.60 Å². The molecule has 1 N–H and O–H groups in total. The SMILES string of the molecule is CN(C)C(c1ccc(Cl)cc1)C1CCC(O)(c2ccc(F)cc2)CC1. The molecule has 1 aliphatic carbocycles. The molecule has 1 atom stereocenters. The molecular formula is C21H25ClFNO. The lowest BCUT2D eigenvalue weighted by Gasteiger charge is -2.41. The largest absolute Gasteiger partial charge is 0.385 e. The molecule has 1 aliphatic rings. The van der Waals surface area contributed by atoms with E-state index in [4.69, 9.17) is 11.6 Å². The Labute approximate surface area is 154 Å². The fourth-order valence-electron chi connectivity index (χ4n) is 4.13. The summed E-state index contributed by atoms with van der Waals surface area (Å²) < 4.78 is 13.2. The summed E-state index contributed by atoms with van der Waals surface area (Å²) in [4.78, 5) is 2.25. The maximum absolute atomic E-state index is 13.2. The van der Waals surface area contributed by atoms with Gasteiger partial charge in [-0.05, 0) is 81.1 Å². The smallest absolute Gasteiger partial charge is 0.123 e. The quantitative estimate of drug-likeness (QED) is 0.813. The van der Waals surface area contributed by atoms with E-state index in [-0.39, 0.29) is 5.82 Å². The minimum absolute atomic E-state index is 0.267. The standard InChI is InChI=1S/C21H25ClFNO/c1-24(2)20(15-3-7-18(22)8-4-15)16-11-13-21(25,14-12-16)17-5-9-19(23)10-6-17/h3-10,16,20,25H,11-14H2,1-2H3. The molecule has 25 heavy (non-hydrogen) atoms. The number of rotatable bonds is 4. The maximum atomic E-state index is 13.2. The van der Waals surface area contributed by atoms with Crippen LogP contribution in [-0.2, 0) is 5.60 Å². The van der Waals surface area contributed by atoms with Gasteiger partial charge in [0, 0.05) is 11.1 Å². The molecular weight excluding hydrogens is 337 g/mol. The van der Waals surface area contributed by atoms with Gasteiger partial charge in [-0.1, -0.05) is 35.9 Å². The van der Waals surface area contributed by atoms with E-state index in [1.54, 1.807) is 12.1 Å². The third-order valence-electron chi connectivity index (χ3n) is 5.45. The Hall–Kier alpha value is -1.42. The van der Waals surface area contributed by atoms with Gasteiger partial charge in [0.15, 0.2) is 0 Å². The maximum Gasteiger partial charge on any atom is 0.123 e. The zero-order chi connectivity index (χ0) is 18.0. The van der Waals surface area contributed by atoms with E-state index in [1.165, 1.54) is 17.7 Å². The Morgan fingerprint density at radius 2 is 1.60 bits per heavy atom. The molecule has 2 nitrogen and oxygen atoms in total. The van der Waals surface area contributed by atoms with E-state index < -0.39 is 5.60 Å². The molecule has 1 unspecified atom stereocenters. The van der Waals surface area contributed by atoms with Crippen molar-refractivity contribution in [3.8, 4) is 0 Å². The summed E-state index contributed by atoms with van der Waals surface area (Å²) >= 11 is 6.02. The summed E-state index contributed by atoms with van der Waals surface area (Å²) in [5, 5.41) is 11.8. The topological polar surface area (TPSA) is 23.5 Å². The van der Waals surface area contributed by atoms with Crippen molar-refractivity contribution in [2.75, 3.05) is 14.1 Å². The molecule has 4 heteroatoms. The average Bonchev–Trinajstić information content (AvgIpc) is 2.59. The normalized spacial score (nSPS) is 25.1. The number of halogens is 2. The number of benzene rings is 2. The molecule has 2 aromatic rings. The van der Waals surface area contributed by atoms with Gasteiger partial charge in [0.1, 0.15) is 5.82 Å². The summed E-state index contributed by atoms with van der Waals surface area (Å²) in [5.41, 5.74) is 1.23. The minimum atomic E-state index is -0.846. The number of hydrogen-bond donors (Lipinski definition) is 1. The fourth-order valence-corrected chi connectivity index (χ4v) is 4.26. The number of nitrogens with zero attached hydrogens (tertiary/aromatic N) is 1. The summed E-state index contributed by atoms with van der Waals surface area (Å²) in [5.74, 6) is 0.202. The summed E-state index contributed by atoms with van der Waals surface area (Å²) in [7, 11) is 4.19. The number of aliphatic hydroxyl groups is 1. The van der Waals surface area contributed by atoms with Crippen LogP contribution in [0.4, 0.5) is 4.39 Å². The van der Waals surface area contributed by atoms with Gasteiger partial charge >= 0.3 is 0 Å². The van der Waals surface area contributed by atoms with Gasteiger partial charge in [-0.25, -0.2) is 4.39 Å². The molecule has 1 fully saturated rings. The highest BCUT2D eigenvalue weighted by Gasteiger charge is 2.38. The summed E-state index contributed by atoms with van der Waals surface area (Å²) in [6.07, 6.45) is 3.25. The second-order valence-electron chi connectivity index (χ2n) is 7.34. The molecule has 0 saturated heterocycles. The molecule has 0 heterocycles. The zero-order valence-electron chi connectivity index (χ0n) is 14.8. The Morgan fingerprint density at radius 1 is 1.04 bits per heavy atom. The van der Waals surface area contributed by atoms with E-state index in [0.717, 1.165) is 23.4 Å². The highest BCUT2D eigenvalue weighted by atomic mass is 35.5. The van der Waals surface area contributed by atoms with Crippen molar-refractivity contribution >= 4 is 11.6 Å². The first-order valence-electron chi connectivity index (χ1n) is 8.79. The van der Waals surface area contributed by atoms with Gasteiger partial charge in [0.25, 0.3) is 0 Å². The van der Waals surface area contributed by atoms with E-state index in [2.05, 4.69) is 31.1 Å². The first kappa shape index (κ1) is 18.4. The van der Waals surface area contributed by atoms with Crippen molar-refractivity contribution in [2.24, 2.45) is 5.92 Å². The van der Waals surface area contributed by atoms with Crippen LogP contribution in [0.2, 0.25) is 5.02 Å². The van der Waals surface area contributed by atoms with Crippen LogP contribution in [0.5, 0.6) is 0 Å². The van der Waals surface area contributed by atoms with Crippen molar-refractivity contribution in [2.45, 2.75) is 37.3 Å². The molecule has 1 saturated carbocycles. The van der Waals surface area contributed by atoms with Gasteiger partial charge in [0.2, 0.25) is 0 Å². The van der Waals surface area contributed by atoms with Crippen LogP contribution in [0, 0.1) is 11.7 Å². The third kappa shape index (κ3) is 4.05. The van der Waals surface area contributed by atoms with Gasteiger partial charge in [-0.15, -0.1) is 0 Å². The van der Waals surface area contributed by atoms with Crippen molar-refractivity contribution in [3.05, 3.63) is 70.5 Å². The second-order valence-corrected chi connectivity index (χ2v) is 7.77. The molecule has 0 aliphatic heterocycles. The van der Waals surface area contributed by atoms with Gasteiger partial charge < -0.3 is 10.0 Å². The zero-order valence-corrected chi connectivity index (χ0v) is 15.5. The first-order valence-corrected chi connectivity index (χ1v) is 9.17. The van der Waals surface area contributed by atoms with Crippen LogP contribution in [0.15, 0.2) is 48.5 Å². The Bertz CT molecular complexity index is 691. The lowest BCUT2D eigenvalue weighted by atomic mass is 9.71. The first-order chi connectivity index (χ1) is 11.9. The molecule has 0 spiro atoms. The lowest BCUT2D eigenvalue weighted by Crippen LogP contribution is -2.36. The van der Waals surface area contributed by atoms with Gasteiger partial charge in [-0.2, -0.15) is 0 Å². The molecule has 0 radical (unpaired) electrons. The van der Waals surface area contributed by atoms with Gasteiger partial charge in [-0.3, -0.25) is 0 Å². The van der Waals surface area contributed by atoms with E-state index in [1.807, 2.05) is 12.1 Å².